The maximum atomic E-state index is 12.2. The molecule has 1 atom stereocenters. The van der Waals surface area contributed by atoms with E-state index in [0.29, 0.717) is 24.1 Å². The first kappa shape index (κ1) is 14.0. The van der Waals surface area contributed by atoms with Crippen LogP contribution in [0.25, 0.3) is 0 Å². The lowest BCUT2D eigenvalue weighted by molar-refractivity contribution is -0.131. The van der Waals surface area contributed by atoms with Crippen molar-refractivity contribution in [2.75, 3.05) is 5.32 Å². The number of carbonyl (C=O) groups is 3. The maximum Gasteiger partial charge on any atom is 0.328 e. The Balaban J connectivity index is 2.23. The molecule has 0 saturated heterocycles. The lowest BCUT2D eigenvalue weighted by Gasteiger charge is -2.21. The highest BCUT2D eigenvalue weighted by Crippen LogP contribution is 2.28. The molecule has 1 aromatic carbocycles. The zero-order valence-electron chi connectivity index (χ0n) is 11.1. The monoisotopic (exact) mass is 273 g/mol. The molecule has 1 aromatic rings. The van der Waals surface area contributed by atoms with Crippen molar-refractivity contribution in [3.05, 3.63) is 41.5 Å². The second kappa shape index (κ2) is 5.69. The standard InChI is InChI=1S/C15H15NO4/c1-9(17)16-12-5-6-13-11(8-12)3-2-10(15(13)20)4-7-14(18)19/h4-8,10H,2-3H2,1H3,(H,16,17)(H,18,19)/b7-4+. The van der Waals surface area contributed by atoms with Crippen molar-refractivity contribution in [2.24, 2.45) is 5.92 Å². The molecule has 0 bridgehead atoms. The Labute approximate surface area is 116 Å². The van der Waals surface area contributed by atoms with Crippen LogP contribution in [0.5, 0.6) is 0 Å². The second-order valence-corrected chi connectivity index (χ2v) is 4.76. The summed E-state index contributed by atoms with van der Waals surface area (Å²) in [5.74, 6) is -1.66. The molecule has 1 aliphatic carbocycles. The molecular weight excluding hydrogens is 258 g/mol. The number of amides is 1. The number of allylic oxidation sites excluding steroid dienone is 1. The van der Waals surface area contributed by atoms with Gasteiger partial charge in [-0.25, -0.2) is 4.79 Å². The van der Waals surface area contributed by atoms with E-state index in [9.17, 15) is 14.4 Å². The number of ketones is 1. The molecule has 0 aromatic heterocycles. The number of hydrogen-bond donors (Lipinski definition) is 2. The second-order valence-electron chi connectivity index (χ2n) is 4.76. The van der Waals surface area contributed by atoms with Crippen LogP contribution in [0.15, 0.2) is 30.4 Å². The summed E-state index contributed by atoms with van der Waals surface area (Å²) in [6, 6.07) is 5.16. The maximum absolute atomic E-state index is 12.2. The van der Waals surface area contributed by atoms with Crippen molar-refractivity contribution in [1.82, 2.24) is 0 Å². The van der Waals surface area contributed by atoms with Crippen LogP contribution in [-0.4, -0.2) is 22.8 Å². The van der Waals surface area contributed by atoms with Crippen LogP contribution < -0.4 is 5.32 Å². The van der Waals surface area contributed by atoms with Gasteiger partial charge in [-0.05, 0) is 36.6 Å². The van der Waals surface area contributed by atoms with Gasteiger partial charge in [-0.2, -0.15) is 0 Å². The van der Waals surface area contributed by atoms with Crippen molar-refractivity contribution in [2.45, 2.75) is 19.8 Å². The van der Waals surface area contributed by atoms with Crippen molar-refractivity contribution < 1.29 is 19.5 Å². The number of carboxylic acid groups (broad SMARTS) is 1. The van der Waals surface area contributed by atoms with Gasteiger partial charge in [-0.15, -0.1) is 0 Å². The van der Waals surface area contributed by atoms with Crippen LogP contribution in [-0.2, 0) is 16.0 Å². The van der Waals surface area contributed by atoms with Crippen LogP contribution in [0.4, 0.5) is 5.69 Å². The Kier molecular flexibility index (Phi) is 3.98. The molecule has 0 aliphatic heterocycles. The van der Waals surface area contributed by atoms with E-state index >= 15 is 0 Å². The predicted molar refractivity (Wildman–Crippen MR) is 73.7 cm³/mol. The van der Waals surface area contributed by atoms with Gasteiger partial charge < -0.3 is 10.4 Å². The Morgan fingerprint density at radius 3 is 2.80 bits per heavy atom. The largest absolute Gasteiger partial charge is 0.478 e. The van der Waals surface area contributed by atoms with E-state index in [-0.39, 0.29) is 17.6 Å². The van der Waals surface area contributed by atoms with Gasteiger partial charge in [0, 0.05) is 30.2 Å². The van der Waals surface area contributed by atoms with E-state index in [1.807, 2.05) is 0 Å². The molecule has 2 rings (SSSR count). The summed E-state index contributed by atoms with van der Waals surface area (Å²) in [6.45, 7) is 1.43. The number of anilines is 1. The van der Waals surface area contributed by atoms with E-state index < -0.39 is 5.97 Å². The molecular formula is C15H15NO4. The number of carboxylic acids is 1. The van der Waals surface area contributed by atoms with Crippen molar-refractivity contribution in [3.63, 3.8) is 0 Å². The fourth-order valence-corrected chi connectivity index (χ4v) is 2.35. The summed E-state index contributed by atoms with van der Waals surface area (Å²) < 4.78 is 0. The Bertz CT molecular complexity index is 604. The molecule has 1 unspecified atom stereocenters. The zero-order chi connectivity index (χ0) is 14.7. The summed E-state index contributed by atoms with van der Waals surface area (Å²) >= 11 is 0. The van der Waals surface area contributed by atoms with Crippen molar-refractivity contribution >= 4 is 23.3 Å². The third-order valence-corrected chi connectivity index (χ3v) is 3.22. The lowest BCUT2D eigenvalue weighted by atomic mass is 9.82. The van der Waals surface area contributed by atoms with Crippen LogP contribution in [0.1, 0.15) is 29.3 Å². The molecule has 0 fully saturated rings. The molecule has 0 heterocycles. The van der Waals surface area contributed by atoms with Crippen molar-refractivity contribution in [1.29, 1.82) is 0 Å². The Morgan fingerprint density at radius 1 is 1.40 bits per heavy atom. The molecule has 0 spiro atoms. The fourth-order valence-electron chi connectivity index (χ4n) is 2.35. The number of carbonyl (C=O) groups excluding carboxylic acids is 2. The molecule has 0 radical (unpaired) electrons. The number of aliphatic carboxylic acids is 1. The average molecular weight is 273 g/mol. The summed E-state index contributed by atoms with van der Waals surface area (Å²) in [4.78, 5) is 33.7. The van der Waals surface area contributed by atoms with E-state index in [4.69, 9.17) is 5.11 Å². The minimum absolute atomic E-state index is 0.0712. The molecule has 1 amide bonds. The van der Waals surface area contributed by atoms with E-state index in [1.165, 1.54) is 13.0 Å². The Morgan fingerprint density at radius 2 is 2.15 bits per heavy atom. The van der Waals surface area contributed by atoms with Crippen LogP contribution in [0, 0.1) is 5.92 Å². The number of rotatable bonds is 3. The van der Waals surface area contributed by atoms with Crippen LogP contribution in [0.2, 0.25) is 0 Å². The van der Waals surface area contributed by atoms with Gasteiger partial charge >= 0.3 is 5.97 Å². The smallest absolute Gasteiger partial charge is 0.328 e. The van der Waals surface area contributed by atoms with Gasteiger partial charge in [0.15, 0.2) is 5.78 Å². The predicted octanol–water partition coefficient (Wildman–Crippen LogP) is 2.03. The highest BCUT2D eigenvalue weighted by Gasteiger charge is 2.25. The van der Waals surface area contributed by atoms with Gasteiger partial charge in [-0.1, -0.05) is 6.08 Å². The minimum Gasteiger partial charge on any atom is -0.478 e. The van der Waals surface area contributed by atoms with Crippen molar-refractivity contribution in [3.8, 4) is 0 Å². The van der Waals surface area contributed by atoms with Gasteiger partial charge in [0.05, 0.1) is 0 Å². The molecule has 0 saturated carbocycles. The number of benzene rings is 1. The van der Waals surface area contributed by atoms with Gasteiger partial charge in [0.25, 0.3) is 0 Å². The summed E-state index contributed by atoms with van der Waals surface area (Å²) in [5, 5.41) is 11.3. The topological polar surface area (TPSA) is 83.5 Å². The molecule has 104 valence electrons. The molecule has 1 aliphatic rings. The van der Waals surface area contributed by atoms with E-state index in [0.717, 1.165) is 11.6 Å². The van der Waals surface area contributed by atoms with Gasteiger partial charge in [-0.3, -0.25) is 9.59 Å². The highest BCUT2D eigenvalue weighted by atomic mass is 16.4. The number of fused-ring (bicyclic) bond motifs is 1. The molecule has 5 nitrogen and oxygen atoms in total. The normalized spacial score (nSPS) is 17.9. The Hall–Kier alpha value is -2.43. The van der Waals surface area contributed by atoms with Crippen LogP contribution in [0.3, 0.4) is 0 Å². The SMILES string of the molecule is CC(=O)Nc1ccc2c(c1)CCC(/C=C/C(=O)O)C2=O. The summed E-state index contributed by atoms with van der Waals surface area (Å²) in [5.41, 5.74) is 2.16. The first-order chi connectivity index (χ1) is 9.47. The third-order valence-electron chi connectivity index (χ3n) is 3.22. The fraction of sp³-hybridized carbons (Fsp3) is 0.267. The first-order valence-electron chi connectivity index (χ1n) is 6.33. The van der Waals surface area contributed by atoms with E-state index in [1.54, 1.807) is 18.2 Å². The molecule has 2 N–H and O–H groups in total. The lowest BCUT2D eigenvalue weighted by Crippen LogP contribution is -2.21. The summed E-state index contributed by atoms with van der Waals surface area (Å²) in [7, 11) is 0. The molecule has 20 heavy (non-hydrogen) atoms. The van der Waals surface area contributed by atoms with Gasteiger partial charge in [0.2, 0.25) is 5.91 Å². The highest BCUT2D eigenvalue weighted by molar-refractivity contribution is 6.02. The van der Waals surface area contributed by atoms with Crippen LogP contribution >= 0.6 is 0 Å². The summed E-state index contributed by atoms with van der Waals surface area (Å²) in [6.07, 6.45) is 3.72. The average Bonchev–Trinajstić information content (AvgIpc) is 2.37. The minimum atomic E-state index is -1.05. The zero-order valence-corrected chi connectivity index (χ0v) is 11.1. The van der Waals surface area contributed by atoms with Gasteiger partial charge in [0.1, 0.15) is 0 Å². The number of nitrogens with one attached hydrogen (secondary N) is 1. The first-order valence-corrected chi connectivity index (χ1v) is 6.33. The number of aryl methyl sites for hydroxylation is 1. The number of Topliss-reactive ketones (excluding diaryl/α,β-unsaturated/α-hetero) is 1. The third kappa shape index (κ3) is 3.12. The molecule has 5 heteroatoms. The number of hydrogen-bond acceptors (Lipinski definition) is 3. The van der Waals surface area contributed by atoms with E-state index in [2.05, 4.69) is 5.32 Å². The quantitative estimate of drug-likeness (QED) is 0.825.